The maximum atomic E-state index is 5.68. The summed E-state index contributed by atoms with van der Waals surface area (Å²) in [5.41, 5.74) is 0. The van der Waals surface area contributed by atoms with Crippen LogP contribution in [0.2, 0.25) is 0 Å². The molecule has 1 aromatic heterocycles. The van der Waals surface area contributed by atoms with Crippen LogP contribution in [-0.4, -0.2) is 6.54 Å². The molecule has 3 unspecified atom stereocenters. The molecule has 2 saturated carbocycles. The van der Waals surface area contributed by atoms with Gasteiger partial charge in [0.15, 0.2) is 0 Å². The van der Waals surface area contributed by atoms with Crippen LogP contribution in [0.4, 0.5) is 0 Å². The first kappa shape index (κ1) is 11.8. The van der Waals surface area contributed by atoms with E-state index in [1.165, 1.54) is 25.7 Å². The average molecular weight is 298 g/mol. The summed E-state index contributed by atoms with van der Waals surface area (Å²) < 4.78 is 6.79. The minimum absolute atomic E-state index is 0.409. The van der Waals surface area contributed by atoms with Gasteiger partial charge in [-0.1, -0.05) is 6.92 Å². The SMILES string of the molecule is CCCNC(c1occc1Br)C1CC2CC2C1. The Bertz CT molecular complexity index is 379. The lowest BCUT2D eigenvalue weighted by molar-refractivity contribution is 0.294. The number of furan rings is 1. The molecule has 3 heteroatoms. The van der Waals surface area contributed by atoms with E-state index in [1.54, 1.807) is 6.26 Å². The van der Waals surface area contributed by atoms with Gasteiger partial charge < -0.3 is 9.73 Å². The maximum Gasteiger partial charge on any atom is 0.135 e. The van der Waals surface area contributed by atoms with E-state index in [0.717, 1.165) is 34.5 Å². The highest BCUT2D eigenvalue weighted by Gasteiger charge is 2.48. The van der Waals surface area contributed by atoms with Gasteiger partial charge in [0.1, 0.15) is 5.76 Å². The lowest BCUT2D eigenvalue weighted by atomic mass is 9.92. The van der Waals surface area contributed by atoms with Crippen molar-refractivity contribution in [3.8, 4) is 0 Å². The standard InChI is InChI=1S/C14H20BrNO/c1-2-4-16-13(14-12(15)3-5-17-14)11-7-9-6-10(9)8-11/h3,5,9-11,13,16H,2,4,6-8H2,1H3. The first-order valence-electron chi connectivity index (χ1n) is 6.75. The Kier molecular flexibility index (Phi) is 3.31. The predicted octanol–water partition coefficient (Wildman–Crippen LogP) is 4.13. The number of hydrogen-bond donors (Lipinski definition) is 1. The minimum Gasteiger partial charge on any atom is -0.466 e. The fraction of sp³-hybridized carbons (Fsp3) is 0.714. The molecule has 0 spiro atoms. The second kappa shape index (κ2) is 4.77. The molecule has 1 heterocycles. The van der Waals surface area contributed by atoms with E-state index < -0.39 is 0 Å². The van der Waals surface area contributed by atoms with Crippen molar-refractivity contribution >= 4 is 15.9 Å². The number of hydrogen-bond acceptors (Lipinski definition) is 2. The van der Waals surface area contributed by atoms with E-state index >= 15 is 0 Å². The van der Waals surface area contributed by atoms with Crippen LogP contribution in [0.1, 0.15) is 44.4 Å². The van der Waals surface area contributed by atoms with Gasteiger partial charge in [-0.3, -0.25) is 0 Å². The molecular formula is C14H20BrNO. The summed E-state index contributed by atoms with van der Waals surface area (Å²) >= 11 is 3.60. The van der Waals surface area contributed by atoms with Crippen molar-refractivity contribution < 1.29 is 4.42 Å². The van der Waals surface area contributed by atoms with Gasteiger partial charge in [-0.25, -0.2) is 0 Å². The zero-order valence-corrected chi connectivity index (χ0v) is 11.9. The molecule has 2 aliphatic rings. The van der Waals surface area contributed by atoms with Gasteiger partial charge in [-0.15, -0.1) is 0 Å². The topological polar surface area (TPSA) is 25.2 Å². The van der Waals surface area contributed by atoms with Crippen molar-refractivity contribution in [2.24, 2.45) is 17.8 Å². The summed E-state index contributed by atoms with van der Waals surface area (Å²) in [6, 6.07) is 2.41. The van der Waals surface area contributed by atoms with E-state index in [-0.39, 0.29) is 0 Å². The van der Waals surface area contributed by atoms with Crippen LogP contribution < -0.4 is 5.32 Å². The Labute approximate surface area is 111 Å². The largest absolute Gasteiger partial charge is 0.466 e. The Hall–Kier alpha value is -0.280. The Morgan fingerprint density at radius 1 is 1.41 bits per heavy atom. The van der Waals surface area contributed by atoms with E-state index in [4.69, 9.17) is 4.42 Å². The summed E-state index contributed by atoms with van der Waals surface area (Å²) in [7, 11) is 0. The van der Waals surface area contributed by atoms with Gasteiger partial charge in [0.05, 0.1) is 16.8 Å². The van der Waals surface area contributed by atoms with Crippen LogP contribution in [0.15, 0.2) is 21.2 Å². The molecule has 2 nitrogen and oxygen atoms in total. The molecule has 94 valence electrons. The van der Waals surface area contributed by atoms with Crippen LogP contribution in [0.25, 0.3) is 0 Å². The van der Waals surface area contributed by atoms with Gasteiger partial charge in [0, 0.05) is 0 Å². The zero-order valence-electron chi connectivity index (χ0n) is 10.3. The van der Waals surface area contributed by atoms with Crippen molar-refractivity contribution in [1.29, 1.82) is 0 Å². The summed E-state index contributed by atoms with van der Waals surface area (Å²) in [6.07, 6.45) is 7.22. The Balaban J connectivity index is 1.74. The second-order valence-electron chi connectivity index (χ2n) is 5.55. The highest BCUT2D eigenvalue weighted by molar-refractivity contribution is 9.10. The lowest BCUT2D eigenvalue weighted by Crippen LogP contribution is -2.28. The van der Waals surface area contributed by atoms with Gasteiger partial charge in [0.2, 0.25) is 0 Å². The van der Waals surface area contributed by atoms with Gasteiger partial charge in [-0.2, -0.15) is 0 Å². The number of halogens is 1. The van der Waals surface area contributed by atoms with Crippen molar-refractivity contribution in [2.75, 3.05) is 6.54 Å². The maximum absolute atomic E-state index is 5.68. The van der Waals surface area contributed by atoms with Crippen LogP contribution in [-0.2, 0) is 0 Å². The highest BCUT2D eigenvalue weighted by Crippen LogP contribution is 2.57. The van der Waals surface area contributed by atoms with Gasteiger partial charge in [-0.05, 0) is 72.0 Å². The molecule has 1 N–H and O–H groups in total. The molecule has 1 aromatic rings. The zero-order chi connectivity index (χ0) is 11.8. The first-order valence-corrected chi connectivity index (χ1v) is 7.55. The van der Waals surface area contributed by atoms with Crippen LogP contribution in [0.5, 0.6) is 0 Å². The molecule has 3 atom stereocenters. The van der Waals surface area contributed by atoms with Crippen LogP contribution in [0, 0.1) is 17.8 Å². The van der Waals surface area contributed by atoms with Gasteiger partial charge >= 0.3 is 0 Å². The molecule has 2 aliphatic carbocycles. The van der Waals surface area contributed by atoms with Crippen LogP contribution in [0.3, 0.4) is 0 Å². The number of fused-ring (bicyclic) bond motifs is 1. The molecule has 0 aromatic carbocycles. The van der Waals surface area contributed by atoms with Crippen molar-refractivity contribution in [3.63, 3.8) is 0 Å². The van der Waals surface area contributed by atoms with E-state index in [0.29, 0.717) is 6.04 Å². The lowest BCUT2D eigenvalue weighted by Gasteiger charge is -2.24. The van der Waals surface area contributed by atoms with Crippen molar-refractivity contribution in [1.82, 2.24) is 5.32 Å². The van der Waals surface area contributed by atoms with E-state index in [1.807, 2.05) is 6.07 Å². The summed E-state index contributed by atoms with van der Waals surface area (Å²) in [4.78, 5) is 0. The van der Waals surface area contributed by atoms with E-state index in [2.05, 4.69) is 28.2 Å². The number of nitrogens with one attached hydrogen (secondary N) is 1. The molecule has 0 aliphatic heterocycles. The average Bonchev–Trinajstić information content (AvgIpc) is 2.74. The fourth-order valence-electron chi connectivity index (χ4n) is 3.33. The number of rotatable bonds is 5. The molecule has 0 bridgehead atoms. The molecule has 2 fully saturated rings. The molecule has 0 radical (unpaired) electrons. The second-order valence-corrected chi connectivity index (χ2v) is 6.41. The molecule has 0 amide bonds. The van der Waals surface area contributed by atoms with E-state index in [9.17, 15) is 0 Å². The monoisotopic (exact) mass is 297 g/mol. The highest BCUT2D eigenvalue weighted by atomic mass is 79.9. The van der Waals surface area contributed by atoms with Gasteiger partial charge in [0.25, 0.3) is 0 Å². The van der Waals surface area contributed by atoms with Crippen LogP contribution >= 0.6 is 15.9 Å². The van der Waals surface area contributed by atoms with Crippen molar-refractivity contribution in [3.05, 3.63) is 22.6 Å². The minimum atomic E-state index is 0.409. The predicted molar refractivity (Wildman–Crippen MR) is 71.8 cm³/mol. The molecule has 0 saturated heterocycles. The third kappa shape index (κ3) is 2.32. The summed E-state index contributed by atoms with van der Waals surface area (Å²) in [5.74, 6) is 3.93. The molecular weight excluding hydrogens is 278 g/mol. The Morgan fingerprint density at radius 3 is 2.76 bits per heavy atom. The summed E-state index contributed by atoms with van der Waals surface area (Å²) in [5, 5.41) is 3.67. The molecule has 17 heavy (non-hydrogen) atoms. The fourth-order valence-corrected chi connectivity index (χ4v) is 3.78. The first-order chi connectivity index (χ1) is 8.29. The quantitative estimate of drug-likeness (QED) is 0.884. The Morgan fingerprint density at radius 2 is 2.18 bits per heavy atom. The third-order valence-electron chi connectivity index (χ3n) is 4.29. The normalized spacial score (nSPS) is 32.5. The smallest absolute Gasteiger partial charge is 0.135 e. The summed E-state index contributed by atoms with van der Waals surface area (Å²) in [6.45, 7) is 3.29. The molecule has 3 rings (SSSR count). The van der Waals surface area contributed by atoms with Crippen molar-refractivity contribution in [2.45, 2.75) is 38.6 Å². The third-order valence-corrected chi connectivity index (χ3v) is 4.95.